The van der Waals surface area contributed by atoms with Gasteiger partial charge in [0.05, 0.1) is 0 Å². The van der Waals surface area contributed by atoms with Gasteiger partial charge in [0.2, 0.25) is 5.91 Å². The van der Waals surface area contributed by atoms with Crippen LogP contribution in [-0.4, -0.2) is 18.3 Å². The van der Waals surface area contributed by atoms with Crippen LogP contribution in [0.5, 0.6) is 0 Å². The lowest BCUT2D eigenvalue weighted by Crippen LogP contribution is -2.24. The average Bonchev–Trinajstić information content (AvgIpc) is 2.27. The van der Waals surface area contributed by atoms with Crippen LogP contribution in [-0.2, 0) is 11.2 Å². The van der Waals surface area contributed by atoms with Gasteiger partial charge in [-0.2, -0.15) is 0 Å². The van der Waals surface area contributed by atoms with Gasteiger partial charge in [0, 0.05) is 18.8 Å². The van der Waals surface area contributed by atoms with Crippen LogP contribution in [0, 0.1) is 6.92 Å². The molecule has 0 unspecified atom stereocenters. The molecule has 1 N–H and O–H groups in total. The molecule has 0 aliphatic carbocycles. The SMILES string of the molecule is Cc1cccc(CCC(=O)NCCCCl)c1. The quantitative estimate of drug-likeness (QED) is 0.600. The van der Waals surface area contributed by atoms with E-state index in [4.69, 9.17) is 11.6 Å². The zero-order valence-corrected chi connectivity index (χ0v) is 10.4. The molecule has 0 fully saturated rings. The average molecular weight is 240 g/mol. The first-order valence-corrected chi connectivity index (χ1v) is 6.14. The number of amides is 1. The maximum absolute atomic E-state index is 11.4. The topological polar surface area (TPSA) is 29.1 Å². The summed E-state index contributed by atoms with van der Waals surface area (Å²) in [7, 11) is 0. The van der Waals surface area contributed by atoms with Gasteiger partial charge < -0.3 is 5.32 Å². The van der Waals surface area contributed by atoms with Crippen LogP contribution in [0.4, 0.5) is 0 Å². The molecule has 1 rings (SSSR count). The molecule has 0 saturated heterocycles. The highest BCUT2D eigenvalue weighted by Crippen LogP contribution is 2.06. The van der Waals surface area contributed by atoms with Gasteiger partial charge in [-0.05, 0) is 25.3 Å². The van der Waals surface area contributed by atoms with Crippen LogP contribution in [0.2, 0.25) is 0 Å². The van der Waals surface area contributed by atoms with E-state index >= 15 is 0 Å². The highest BCUT2D eigenvalue weighted by molar-refractivity contribution is 6.17. The lowest BCUT2D eigenvalue weighted by molar-refractivity contribution is -0.121. The molecule has 16 heavy (non-hydrogen) atoms. The lowest BCUT2D eigenvalue weighted by Gasteiger charge is -2.04. The largest absolute Gasteiger partial charge is 0.356 e. The van der Waals surface area contributed by atoms with Gasteiger partial charge in [-0.15, -0.1) is 11.6 Å². The summed E-state index contributed by atoms with van der Waals surface area (Å²) >= 11 is 5.52. The molecule has 88 valence electrons. The molecule has 0 spiro atoms. The van der Waals surface area contributed by atoms with Crippen molar-refractivity contribution in [3.05, 3.63) is 35.4 Å². The minimum absolute atomic E-state index is 0.103. The Balaban J connectivity index is 2.26. The van der Waals surface area contributed by atoms with Crippen LogP contribution in [0.1, 0.15) is 24.0 Å². The Kier molecular flexibility index (Phi) is 5.94. The number of hydrogen-bond acceptors (Lipinski definition) is 1. The Morgan fingerprint density at radius 2 is 2.25 bits per heavy atom. The zero-order valence-electron chi connectivity index (χ0n) is 9.63. The molecule has 3 heteroatoms. The molecule has 1 amide bonds. The van der Waals surface area contributed by atoms with Crippen molar-refractivity contribution in [3.8, 4) is 0 Å². The van der Waals surface area contributed by atoms with Crippen molar-refractivity contribution in [3.63, 3.8) is 0 Å². The maximum Gasteiger partial charge on any atom is 0.220 e. The number of carbonyl (C=O) groups excluding carboxylic acids is 1. The van der Waals surface area contributed by atoms with Crippen molar-refractivity contribution in [2.45, 2.75) is 26.2 Å². The molecule has 1 aromatic rings. The summed E-state index contributed by atoms with van der Waals surface area (Å²) in [5, 5.41) is 2.85. The number of carbonyl (C=O) groups is 1. The Bertz CT molecular complexity index is 338. The van der Waals surface area contributed by atoms with Gasteiger partial charge >= 0.3 is 0 Å². The lowest BCUT2D eigenvalue weighted by atomic mass is 10.1. The summed E-state index contributed by atoms with van der Waals surface area (Å²) in [6.45, 7) is 2.74. The summed E-state index contributed by atoms with van der Waals surface area (Å²) < 4.78 is 0. The van der Waals surface area contributed by atoms with Crippen molar-refractivity contribution in [1.82, 2.24) is 5.32 Å². The van der Waals surface area contributed by atoms with E-state index in [1.165, 1.54) is 11.1 Å². The number of benzene rings is 1. The molecule has 0 radical (unpaired) electrons. The van der Waals surface area contributed by atoms with Crippen molar-refractivity contribution in [2.24, 2.45) is 0 Å². The highest BCUT2D eigenvalue weighted by atomic mass is 35.5. The highest BCUT2D eigenvalue weighted by Gasteiger charge is 2.01. The van der Waals surface area contributed by atoms with E-state index < -0.39 is 0 Å². The van der Waals surface area contributed by atoms with Crippen molar-refractivity contribution in [1.29, 1.82) is 0 Å². The summed E-state index contributed by atoms with van der Waals surface area (Å²) in [5.41, 5.74) is 2.45. The normalized spacial score (nSPS) is 10.1. The molecule has 0 heterocycles. The molecule has 0 saturated carbocycles. The number of halogens is 1. The summed E-state index contributed by atoms with van der Waals surface area (Å²) in [4.78, 5) is 11.4. The fraction of sp³-hybridized carbons (Fsp3) is 0.462. The van der Waals surface area contributed by atoms with Gasteiger partial charge in [-0.25, -0.2) is 0 Å². The predicted octanol–water partition coefficient (Wildman–Crippen LogP) is 2.67. The van der Waals surface area contributed by atoms with Crippen LogP contribution >= 0.6 is 11.6 Å². The third-order valence-corrected chi connectivity index (χ3v) is 2.62. The monoisotopic (exact) mass is 239 g/mol. The van der Waals surface area contributed by atoms with E-state index in [2.05, 4.69) is 30.4 Å². The van der Waals surface area contributed by atoms with Gasteiger partial charge in [-0.1, -0.05) is 29.8 Å². The fourth-order valence-corrected chi connectivity index (χ4v) is 1.64. The standard InChI is InChI=1S/C13H18ClNO/c1-11-4-2-5-12(10-11)6-7-13(16)15-9-3-8-14/h2,4-5,10H,3,6-9H2,1H3,(H,15,16). The van der Waals surface area contributed by atoms with Gasteiger partial charge in [-0.3, -0.25) is 4.79 Å². The van der Waals surface area contributed by atoms with Crippen LogP contribution in [0.15, 0.2) is 24.3 Å². The van der Waals surface area contributed by atoms with Crippen LogP contribution < -0.4 is 5.32 Å². The number of rotatable bonds is 6. The van der Waals surface area contributed by atoms with Gasteiger partial charge in [0.15, 0.2) is 0 Å². The maximum atomic E-state index is 11.4. The first-order valence-electron chi connectivity index (χ1n) is 5.60. The first-order chi connectivity index (χ1) is 7.72. The van der Waals surface area contributed by atoms with E-state index in [0.717, 1.165) is 12.8 Å². The number of hydrogen-bond donors (Lipinski definition) is 1. The minimum Gasteiger partial charge on any atom is -0.356 e. The molecule has 0 aliphatic heterocycles. The zero-order chi connectivity index (χ0) is 11.8. The molecule has 0 bridgehead atoms. The van der Waals surface area contributed by atoms with E-state index in [0.29, 0.717) is 18.8 Å². The molecule has 1 aromatic carbocycles. The Morgan fingerprint density at radius 1 is 1.44 bits per heavy atom. The van der Waals surface area contributed by atoms with Crippen molar-refractivity contribution >= 4 is 17.5 Å². The molecular formula is C13H18ClNO. The van der Waals surface area contributed by atoms with Gasteiger partial charge in [0.25, 0.3) is 0 Å². The Labute approximate surface area is 102 Å². The van der Waals surface area contributed by atoms with Gasteiger partial charge in [0.1, 0.15) is 0 Å². The second kappa shape index (κ2) is 7.29. The summed E-state index contributed by atoms with van der Waals surface area (Å²) in [6, 6.07) is 8.26. The van der Waals surface area contributed by atoms with E-state index in [1.54, 1.807) is 0 Å². The fourth-order valence-electron chi connectivity index (χ4n) is 1.51. The number of alkyl halides is 1. The molecule has 0 aliphatic rings. The first kappa shape index (κ1) is 13.0. The summed E-state index contributed by atoms with van der Waals surface area (Å²) in [6.07, 6.45) is 2.18. The number of nitrogens with one attached hydrogen (secondary N) is 1. The van der Waals surface area contributed by atoms with E-state index in [1.807, 2.05) is 6.07 Å². The van der Waals surface area contributed by atoms with E-state index in [-0.39, 0.29) is 5.91 Å². The third kappa shape index (κ3) is 5.17. The molecule has 0 atom stereocenters. The molecular weight excluding hydrogens is 222 g/mol. The third-order valence-electron chi connectivity index (χ3n) is 2.36. The Morgan fingerprint density at radius 3 is 2.94 bits per heavy atom. The van der Waals surface area contributed by atoms with Crippen molar-refractivity contribution in [2.75, 3.05) is 12.4 Å². The second-order valence-electron chi connectivity index (χ2n) is 3.88. The van der Waals surface area contributed by atoms with E-state index in [9.17, 15) is 4.79 Å². The molecule has 2 nitrogen and oxygen atoms in total. The smallest absolute Gasteiger partial charge is 0.220 e. The summed E-state index contributed by atoms with van der Waals surface area (Å²) in [5.74, 6) is 0.699. The molecule has 0 aromatic heterocycles. The predicted molar refractivity (Wildman–Crippen MR) is 67.8 cm³/mol. The Hall–Kier alpha value is -1.02. The minimum atomic E-state index is 0.103. The number of aryl methyl sites for hydroxylation is 2. The second-order valence-corrected chi connectivity index (χ2v) is 4.26. The van der Waals surface area contributed by atoms with Crippen LogP contribution in [0.3, 0.4) is 0 Å². The van der Waals surface area contributed by atoms with Crippen LogP contribution in [0.25, 0.3) is 0 Å². The van der Waals surface area contributed by atoms with Crippen molar-refractivity contribution < 1.29 is 4.79 Å².